The standard InChI is InChI=1S/C8H6INS2/c9-5-3-12-8-2-6(10)7(11)1-4(5)8/h1-3,11H,10H2. The van der Waals surface area contributed by atoms with Crippen LogP contribution in [0.4, 0.5) is 5.69 Å². The van der Waals surface area contributed by atoms with Gasteiger partial charge in [-0.3, -0.25) is 0 Å². The summed E-state index contributed by atoms with van der Waals surface area (Å²) in [4.78, 5) is 0.860. The lowest BCUT2D eigenvalue weighted by Crippen LogP contribution is -1.85. The predicted octanol–water partition coefficient (Wildman–Crippen LogP) is 3.38. The van der Waals surface area contributed by atoms with E-state index < -0.39 is 0 Å². The van der Waals surface area contributed by atoms with Crippen LogP contribution < -0.4 is 5.73 Å². The quantitative estimate of drug-likeness (QED) is 0.435. The fourth-order valence-corrected chi connectivity index (χ4v) is 3.10. The minimum absolute atomic E-state index is 0.754. The molecule has 1 aromatic heterocycles. The molecule has 0 saturated carbocycles. The topological polar surface area (TPSA) is 26.0 Å². The maximum Gasteiger partial charge on any atom is 0.0464 e. The van der Waals surface area contributed by atoms with E-state index in [9.17, 15) is 0 Å². The van der Waals surface area contributed by atoms with Gasteiger partial charge in [-0.05, 0) is 34.7 Å². The fraction of sp³-hybridized carbons (Fsp3) is 0. The molecule has 0 amide bonds. The first kappa shape index (κ1) is 8.65. The average Bonchev–Trinajstić information content (AvgIpc) is 2.35. The van der Waals surface area contributed by atoms with Crippen molar-refractivity contribution in [2.75, 3.05) is 5.73 Å². The highest BCUT2D eigenvalue weighted by Gasteiger charge is 2.03. The van der Waals surface area contributed by atoms with E-state index in [-0.39, 0.29) is 0 Å². The zero-order valence-electron chi connectivity index (χ0n) is 6.04. The zero-order valence-corrected chi connectivity index (χ0v) is 9.91. The maximum absolute atomic E-state index is 5.72. The van der Waals surface area contributed by atoms with Gasteiger partial charge in [-0.15, -0.1) is 24.0 Å². The first-order valence-electron chi connectivity index (χ1n) is 3.33. The molecule has 0 radical (unpaired) electrons. The summed E-state index contributed by atoms with van der Waals surface area (Å²) in [6, 6.07) is 4.00. The van der Waals surface area contributed by atoms with E-state index in [1.807, 2.05) is 12.1 Å². The minimum atomic E-state index is 0.754. The summed E-state index contributed by atoms with van der Waals surface area (Å²) in [5.41, 5.74) is 6.48. The molecular formula is C8H6INS2. The van der Waals surface area contributed by atoms with Gasteiger partial charge >= 0.3 is 0 Å². The van der Waals surface area contributed by atoms with Crippen LogP contribution in [0, 0.1) is 3.57 Å². The molecular weight excluding hydrogens is 301 g/mol. The van der Waals surface area contributed by atoms with Crippen molar-refractivity contribution < 1.29 is 0 Å². The lowest BCUT2D eigenvalue weighted by Gasteiger charge is -1.98. The van der Waals surface area contributed by atoms with Crippen molar-refractivity contribution in [2.24, 2.45) is 0 Å². The summed E-state index contributed by atoms with van der Waals surface area (Å²) in [7, 11) is 0. The molecule has 2 N–H and O–H groups in total. The second-order valence-electron chi connectivity index (χ2n) is 2.49. The van der Waals surface area contributed by atoms with E-state index in [4.69, 9.17) is 5.73 Å². The number of nitrogens with two attached hydrogens (primary N) is 1. The molecule has 0 aliphatic heterocycles. The van der Waals surface area contributed by atoms with E-state index >= 15 is 0 Å². The van der Waals surface area contributed by atoms with Gasteiger partial charge in [-0.1, -0.05) is 0 Å². The van der Waals surface area contributed by atoms with Gasteiger partial charge in [0, 0.05) is 29.6 Å². The van der Waals surface area contributed by atoms with Crippen molar-refractivity contribution in [3.63, 3.8) is 0 Å². The van der Waals surface area contributed by atoms with E-state index in [0.29, 0.717) is 0 Å². The molecule has 0 unspecified atom stereocenters. The van der Waals surface area contributed by atoms with Gasteiger partial charge < -0.3 is 5.73 Å². The normalized spacial score (nSPS) is 10.8. The molecule has 0 atom stereocenters. The number of anilines is 1. The highest BCUT2D eigenvalue weighted by molar-refractivity contribution is 14.1. The van der Waals surface area contributed by atoms with Crippen LogP contribution in [0.2, 0.25) is 0 Å². The van der Waals surface area contributed by atoms with Crippen LogP contribution in [-0.4, -0.2) is 0 Å². The average molecular weight is 307 g/mol. The van der Waals surface area contributed by atoms with Gasteiger partial charge in [0.2, 0.25) is 0 Å². The second-order valence-corrected chi connectivity index (χ2v) is 5.05. The van der Waals surface area contributed by atoms with Gasteiger partial charge in [0.05, 0.1) is 0 Å². The lowest BCUT2D eigenvalue weighted by molar-refractivity contribution is 1.53. The Bertz CT molecular complexity index is 436. The van der Waals surface area contributed by atoms with Crippen LogP contribution in [0.15, 0.2) is 22.4 Å². The predicted molar refractivity (Wildman–Crippen MR) is 66.2 cm³/mol. The number of hydrogen-bond donors (Lipinski definition) is 2. The summed E-state index contributed by atoms with van der Waals surface area (Å²) in [6.45, 7) is 0. The van der Waals surface area contributed by atoms with Crippen molar-refractivity contribution in [1.29, 1.82) is 0 Å². The molecule has 1 heterocycles. The van der Waals surface area contributed by atoms with Gasteiger partial charge in [0.25, 0.3) is 0 Å². The number of halogens is 1. The number of hydrogen-bond acceptors (Lipinski definition) is 3. The Kier molecular flexibility index (Phi) is 2.22. The van der Waals surface area contributed by atoms with E-state index in [1.165, 1.54) is 13.7 Å². The molecule has 2 aromatic rings. The number of benzene rings is 1. The summed E-state index contributed by atoms with van der Waals surface area (Å²) < 4.78 is 2.50. The van der Waals surface area contributed by atoms with Gasteiger partial charge in [-0.25, -0.2) is 0 Å². The first-order valence-corrected chi connectivity index (χ1v) is 5.74. The van der Waals surface area contributed by atoms with Gasteiger partial charge in [0.1, 0.15) is 0 Å². The molecule has 12 heavy (non-hydrogen) atoms. The largest absolute Gasteiger partial charge is 0.398 e. The van der Waals surface area contributed by atoms with Crippen LogP contribution in [0.1, 0.15) is 0 Å². The zero-order chi connectivity index (χ0) is 8.72. The molecule has 2 rings (SSSR count). The Morgan fingerprint density at radius 2 is 2.17 bits per heavy atom. The Labute approximate surface area is 93.5 Å². The summed E-state index contributed by atoms with van der Waals surface area (Å²) in [5, 5.41) is 3.37. The first-order chi connectivity index (χ1) is 5.68. The highest BCUT2D eigenvalue weighted by atomic mass is 127. The number of thiol groups is 1. The Morgan fingerprint density at radius 1 is 1.42 bits per heavy atom. The van der Waals surface area contributed by atoms with Crippen molar-refractivity contribution >= 4 is 62.3 Å². The molecule has 4 heteroatoms. The number of rotatable bonds is 0. The molecule has 0 aliphatic carbocycles. The minimum Gasteiger partial charge on any atom is -0.398 e. The molecule has 0 bridgehead atoms. The van der Waals surface area contributed by atoms with Crippen molar-refractivity contribution in [3.8, 4) is 0 Å². The summed E-state index contributed by atoms with van der Waals surface area (Å²) >= 11 is 8.31. The fourth-order valence-electron chi connectivity index (χ4n) is 1.05. The second kappa shape index (κ2) is 3.08. The third-order valence-electron chi connectivity index (χ3n) is 1.68. The molecule has 62 valence electrons. The molecule has 1 aromatic carbocycles. The van der Waals surface area contributed by atoms with Gasteiger partial charge in [0.15, 0.2) is 0 Å². The lowest BCUT2D eigenvalue weighted by atomic mass is 10.2. The number of nitrogen functional groups attached to an aromatic ring is 1. The molecule has 0 aliphatic rings. The van der Waals surface area contributed by atoms with Crippen LogP contribution in [-0.2, 0) is 0 Å². The maximum atomic E-state index is 5.72. The van der Waals surface area contributed by atoms with E-state index in [0.717, 1.165) is 10.6 Å². The SMILES string of the molecule is Nc1cc2scc(I)c2cc1S. The summed E-state index contributed by atoms with van der Waals surface area (Å²) in [5.74, 6) is 0. The number of thiophene rings is 1. The van der Waals surface area contributed by atoms with E-state index in [1.54, 1.807) is 11.3 Å². The Morgan fingerprint density at radius 3 is 2.92 bits per heavy atom. The van der Waals surface area contributed by atoms with Crippen molar-refractivity contribution in [1.82, 2.24) is 0 Å². The smallest absolute Gasteiger partial charge is 0.0464 e. The highest BCUT2D eigenvalue weighted by Crippen LogP contribution is 2.32. The third kappa shape index (κ3) is 1.31. The Balaban J connectivity index is 2.87. The van der Waals surface area contributed by atoms with E-state index in [2.05, 4.69) is 40.6 Å². The van der Waals surface area contributed by atoms with Crippen LogP contribution in [0.5, 0.6) is 0 Å². The van der Waals surface area contributed by atoms with Crippen molar-refractivity contribution in [2.45, 2.75) is 4.90 Å². The van der Waals surface area contributed by atoms with Crippen molar-refractivity contribution in [3.05, 3.63) is 21.1 Å². The number of fused-ring (bicyclic) bond motifs is 1. The summed E-state index contributed by atoms with van der Waals surface area (Å²) in [6.07, 6.45) is 0. The molecule has 0 spiro atoms. The third-order valence-corrected chi connectivity index (χ3v) is 4.32. The van der Waals surface area contributed by atoms with Crippen LogP contribution in [0.3, 0.4) is 0 Å². The van der Waals surface area contributed by atoms with Crippen LogP contribution >= 0.6 is 46.6 Å². The van der Waals surface area contributed by atoms with Gasteiger partial charge in [-0.2, -0.15) is 0 Å². The monoisotopic (exact) mass is 307 g/mol. The molecule has 0 saturated heterocycles. The Hall–Kier alpha value is 0.0600. The molecule has 1 nitrogen and oxygen atoms in total. The molecule has 0 fully saturated rings. The van der Waals surface area contributed by atoms with Crippen LogP contribution in [0.25, 0.3) is 10.1 Å².